The zero-order chi connectivity index (χ0) is 24.4. The molecule has 0 saturated heterocycles. The SMILES string of the molecule is O=C(NC1CCC(Nc2ccnc3cc(Cl)ccc23)CC1)c1cc(F)cc(-c2ccccc2O)c1. The number of fused-ring (bicyclic) bond motifs is 1. The first kappa shape index (κ1) is 23.1. The Morgan fingerprint density at radius 1 is 0.971 bits per heavy atom. The molecule has 3 N–H and O–H groups in total. The topological polar surface area (TPSA) is 74.2 Å². The maximum absolute atomic E-state index is 14.3. The molecule has 1 heterocycles. The van der Waals surface area contributed by atoms with Gasteiger partial charge >= 0.3 is 0 Å². The molecule has 0 unspecified atom stereocenters. The Kier molecular flexibility index (Phi) is 6.55. The summed E-state index contributed by atoms with van der Waals surface area (Å²) in [6.45, 7) is 0. The van der Waals surface area contributed by atoms with Gasteiger partial charge in [0.2, 0.25) is 0 Å². The van der Waals surface area contributed by atoms with E-state index >= 15 is 0 Å². The van der Waals surface area contributed by atoms with E-state index in [1.165, 1.54) is 18.2 Å². The van der Waals surface area contributed by atoms with Gasteiger partial charge in [0.1, 0.15) is 11.6 Å². The van der Waals surface area contributed by atoms with Crippen LogP contribution in [0.4, 0.5) is 10.1 Å². The summed E-state index contributed by atoms with van der Waals surface area (Å²) in [7, 11) is 0. The Morgan fingerprint density at radius 2 is 1.74 bits per heavy atom. The predicted octanol–water partition coefficient (Wildman–Crippen LogP) is 6.55. The van der Waals surface area contributed by atoms with E-state index in [9.17, 15) is 14.3 Å². The molecule has 1 amide bonds. The van der Waals surface area contributed by atoms with Crippen LogP contribution in [0.5, 0.6) is 5.75 Å². The highest BCUT2D eigenvalue weighted by atomic mass is 35.5. The van der Waals surface area contributed by atoms with Gasteiger partial charge in [-0.25, -0.2) is 4.39 Å². The number of carbonyl (C=O) groups excluding carboxylic acids is 1. The zero-order valence-electron chi connectivity index (χ0n) is 19.0. The quantitative estimate of drug-likeness (QED) is 0.297. The average molecular weight is 490 g/mol. The lowest BCUT2D eigenvalue weighted by Gasteiger charge is -2.30. The highest BCUT2D eigenvalue weighted by molar-refractivity contribution is 6.31. The number of benzene rings is 3. The number of phenolic OH excluding ortho intramolecular Hbond substituents is 1. The standard InChI is InChI=1S/C28H25ClFN3O2/c29-19-5-10-24-25(11-12-31-26(24)16-19)32-21-6-8-22(9-7-21)33-28(35)18-13-17(14-20(30)15-18)23-3-1-2-4-27(23)34/h1-5,10-16,21-22,34H,6-9H2,(H,31,32)(H,33,35). The molecule has 1 aliphatic rings. The third-order valence-corrected chi connectivity index (χ3v) is 6.74. The number of amides is 1. The fourth-order valence-corrected chi connectivity index (χ4v) is 4.88. The predicted molar refractivity (Wildman–Crippen MR) is 137 cm³/mol. The summed E-state index contributed by atoms with van der Waals surface area (Å²) >= 11 is 6.09. The Labute approximate surface area is 208 Å². The van der Waals surface area contributed by atoms with E-state index in [1.807, 2.05) is 24.3 Å². The molecule has 3 aromatic carbocycles. The van der Waals surface area contributed by atoms with Gasteiger partial charge in [0.25, 0.3) is 5.91 Å². The molecule has 1 aliphatic carbocycles. The third kappa shape index (κ3) is 5.23. The number of nitrogens with one attached hydrogen (secondary N) is 2. The van der Waals surface area contributed by atoms with Crippen molar-refractivity contribution < 1.29 is 14.3 Å². The number of nitrogens with zero attached hydrogens (tertiary/aromatic N) is 1. The number of pyridine rings is 1. The van der Waals surface area contributed by atoms with E-state index < -0.39 is 5.82 Å². The van der Waals surface area contributed by atoms with Gasteiger partial charge in [-0.05, 0) is 79.8 Å². The lowest BCUT2D eigenvalue weighted by Crippen LogP contribution is -2.40. The number of anilines is 1. The lowest BCUT2D eigenvalue weighted by molar-refractivity contribution is 0.0926. The van der Waals surface area contributed by atoms with Crippen LogP contribution >= 0.6 is 11.6 Å². The normalized spacial score (nSPS) is 17.8. The molecule has 0 radical (unpaired) electrons. The number of carbonyl (C=O) groups is 1. The Hall–Kier alpha value is -3.64. The fraction of sp³-hybridized carbons (Fsp3) is 0.214. The summed E-state index contributed by atoms with van der Waals surface area (Å²) in [6.07, 6.45) is 5.21. The molecule has 1 aromatic heterocycles. The minimum Gasteiger partial charge on any atom is -0.507 e. The van der Waals surface area contributed by atoms with Crippen LogP contribution in [0, 0.1) is 5.82 Å². The fourth-order valence-electron chi connectivity index (χ4n) is 4.71. The molecule has 5 rings (SSSR count). The molecule has 0 aliphatic heterocycles. The second kappa shape index (κ2) is 9.92. The van der Waals surface area contributed by atoms with Crippen LogP contribution in [-0.2, 0) is 0 Å². The largest absolute Gasteiger partial charge is 0.507 e. The molecule has 0 atom stereocenters. The number of para-hydroxylation sites is 1. The van der Waals surface area contributed by atoms with Crippen LogP contribution in [0.15, 0.2) is 72.9 Å². The van der Waals surface area contributed by atoms with Gasteiger partial charge < -0.3 is 15.7 Å². The van der Waals surface area contributed by atoms with Crippen molar-refractivity contribution in [2.75, 3.05) is 5.32 Å². The van der Waals surface area contributed by atoms with Crippen LogP contribution < -0.4 is 10.6 Å². The highest BCUT2D eigenvalue weighted by Gasteiger charge is 2.24. The number of rotatable bonds is 5. The van der Waals surface area contributed by atoms with Gasteiger partial charge in [-0.2, -0.15) is 0 Å². The molecular weight excluding hydrogens is 465 g/mol. The van der Waals surface area contributed by atoms with Crippen LogP contribution in [0.3, 0.4) is 0 Å². The van der Waals surface area contributed by atoms with Gasteiger partial charge in [0.15, 0.2) is 0 Å². The van der Waals surface area contributed by atoms with Crippen LogP contribution in [0.1, 0.15) is 36.0 Å². The Balaban J connectivity index is 1.22. The summed E-state index contributed by atoms with van der Waals surface area (Å²) < 4.78 is 14.3. The number of aromatic nitrogens is 1. The molecule has 1 saturated carbocycles. The van der Waals surface area contributed by atoms with Crippen LogP contribution in [0.25, 0.3) is 22.0 Å². The highest BCUT2D eigenvalue weighted by Crippen LogP contribution is 2.31. The van der Waals surface area contributed by atoms with E-state index in [1.54, 1.807) is 30.5 Å². The molecule has 0 bridgehead atoms. The minimum atomic E-state index is -0.519. The van der Waals surface area contributed by atoms with Crippen LogP contribution in [0.2, 0.25) is 5.02 Å². The number of halogens is 2. The first-order valence-electron chi connectivity index (χ1n) is 11.7. The number of phenols is 1. The monoisotopic (exact) mass is 489 g/mol. The van der Waals surface area contributed by atoms with Crippen molar-refractivity contribution in [2.24, 2.45) is 0 Å². The van der Waals surface area contributed by atoms with E-state index in [0.717, 1.165) is 42.3 Å². The van der Waals surface area contributed by atoms with E-state index in [4.69, 9.17) is 11.6 Å². The van der Waals surface area contributed by atoms with Gasteiger partial charge in [0, 0.05) is 45.5 Å². The molecule has 5 nitrogen and oxygen atoms in total. The molecule has 178 valence electrons. The third-order valence-electron chi connectivity index (χ3n) is 6.50. The Morgan fingerprint density at radius 3 is 2.54 bits per heavy atom. The molecular formula is C28H25ClFN3O2. The van der Waals surface area contributed by atoms with E-state index in [0.29, 0.717) is 16.1 Å². The molecule has 7 heteroatoms. The first-order valence-corrected chi connectivity index (χ1v) is 12.0. The summed E-state index contributed by atoms with van der Waals surface area (Å²) in [4.78, 5) is 17.3. The second-order valence-electron chi connectivity index (χ2n) is 8.93. The summed E-state index contributed by atoms with van der Waals surface area (Å²) in [6, 6.07) is 18.8. The minimum absolute atomic E-state index is 0.0189. The van der Waals surface area contributed by atoms with Crippen molar-refractivity contribution in [1.82, 2.24) is 10.3 Å². The van der Waals surface area contributed by atoms with Crippen LogP contribution in [-0.4, -0.2) is 28.1 Å². The average Bonchev–Trinajstić information content (AvgIpc) is 2.85. The second-order valence-corrected chi connectivity index (χ2v) is 9.37. The van der Waals surface area contributed by atoms with Gasteiger partial charge in [-0.15, -0.1) is 0 Å². The smallest absolute Gasteiger partial charge is 0.251 e. The maximum atomic E-state index is 14.3. The Bertz CT molecular complexity index is 1390. The number of hydrogen-bond acceptors (Lipinski definition) is 4. The first-order chi connectivity index (χ1) is 17.0. The van der Waals surface area contributed by atoms with E-state index in [2.05, 4.69) is 15.6 Å². The van der Waals surface area contributed by atoms with Crippen molar-refractivity contribution in [3.05, 3.63) is 89.3 Å². The zero-order valence-corrected chi connectivity index (χ0v) is 19.7. The maximum Gasteiger partial charge on any atom is 0.251 e. The number of hydrogen-bond donors (Lipinski definition) is 3. The molecule has 35 heavy (non-hydrogen) atoms. The lowest BCUT2D eigenvalue weighted by atomic mass is 9.90. The van der Waals surface area contributed by atoms with Crippen molar-refractivity contribution in [3.63, 3.8) is 0 Å². The molecule has 0 spiro atoms. The summed E-state index contributed by atoms with van der Waals surface area (Å²) in [5.74, 6) is -0.787. The molecule has 1 fully saturated rings. The van der Waals surface area contributed by atoms with Crippen molar-refractivity contribution in [2.45, 2.75) is 37.8 Å². The van der Waals surface area contributed by atoms with Gasteiger partial charge in [-0.1, -0.05) is 29.8 Å². The summed E-state index contributed by atoms with van der Waals surface area (Å²) in [5, 5.41) is 18.5. The summed E-state index contributed by atoms with van der Waals surface area (Å²) in [5.41, 5.74) is 3.06. The van der Waals surface area contributed by atoms with Gasteiger partial charge in [-0.3, -0.25) is 9.78 Å². The van der Waals surface area contributed by atoms with E-state index in [-0.39, 0.29) is 29.3 Å². The van der Waals surface area contributed by atoms with Crippen molar-refractivity contribution in [1.29, 1.82) is 0 Å². The van der Waals surface area contributed by atoms with Crippen molar-refractivity contribution in [3.8, 4) is 16.9 Å². The number of aromatic hydroxyl groups is 1. The van der Waals surface area contributed by atoms with Gasteiger partial charge in [0.05, 0.1) is 5.52 Å². The molecule has 4 aromatic rings. The van der Waals surface area contributed by atoms with Crippen molar-refractivity contribution >= 4 is 34.1 Å².